The maximum Gasteiger partial charge on any atom is 0.374 e. The molecule has 2 heterocycles. The van der Waals surface area contributed by atoms with E-state index in [2.05, 4.69) is 4.18 Å². The Morgan fingerprint density at radius 2 is 1.68 bits per heavy atom. The minimum absolute atomic E-state index is 0.0914. The predicted octanol–water partition coefficient (Wildman–Crippen LogP) is 7.23. The fourth-order valence-corrected chi connectivity index (χ4v) is 5.03. The van der Waals surface area contributed by atoms with Crippen LogP contribution in [0, 0.1) is 13.8 Å². The van der Waals surface area contributed by atoms with Crippen molar-refractivity contribution in [1.82, 2.24) is 0 Å². The molecular weight excluding hydrogens is 598 g/mol. The van der Waals surface area contributed by atoms with Gasteiger partial charge in [0.2, 0.25) is 21.9 Å². The molecule has 0 aliphatic carbocycles. The van der Waals surface area contributed by atoms with Crippen LogP contribution < -0.4 is 14.2 Å². The average molecular weight is 624 g/mol. The molecule has 8 nitrogen and oxygen atoms in total. The molecule has 0 spiro atoms. The number of fused-ring (bicyclic) bond motifs is 2. The molecule has 3 aromatic rings. The molecule has 38 heavy (non-hydrogen) atoms. The number of halogens is 4. The summed E-state index contributed by atoms with van der Waals surface area (Å²) in [5.74, 6) is 1.94. The number of aryl methyl sites for hydroxylation is 1. The summed E-state index contributed by atoms with van der Waals surface area (Å²) < 4.78 is 46.1. The summed E-state index contributed by atoms with van der Waals surface area (Å²) >= 11 is 25.6. The van der Waals surface area contributed by atoms with Crippen molar-refractivity contribution in [1.29, 1.82) is 0 Å². The highest BCUT2D eigenvalue weighted by molar-refractivity contribution is 7.80. The number of hydrogen-bond acceptors (Lipinski definition) is 7. The van der Waals surface area contributed by atoms with E-state index in [0.29, 0.717) is 56.3 Å². The smallest absolute Gasteiger partial charge is 0.374 e. The van der Waals surface area contributed by atoms with E-state index in [1.54, 1.807) is 0 Å². The number of aromatic nitrogens is 1. The Kier molecular flexibility index (Phi) is 10.0. The second-order valence-electron chi connectivity index (χ2n) is 8.00. The Bertz CT molecular complexity index is 1530. The molecule has 1 aliphatic heterocycles. The molecule has 0 fully saturated rings. The van der Waals surface area contributed by atoms with Gasteiger partial charge >= 0.3 is 5.89 Å². The predicted molar refractivity (Wildman–Crippen MR) is 150 cm³/mol. The fourth-order valence-electron chi connectivity index (χ4n) is 3.77. The molecule has 0 saturated carbocycles. The summed E-state index contributed by atoms with van der Waals surface area (Å²) in [4.78, 5) is 2.02. The third-order valence-corrected chi connectivity index (χ3v) is 7.88. The van der Waals surface area contributed by atoms with Crippen LogP contribution in [0.2, 0.25) is 20.1 Å². The Balaban J connectivity index is 0.000000505. The zero-order valence-electron chi connectivity index (χ0n) is 21.3. The lowest BCUT2D eigenvalue weighted by Crippen LogP contribution is -2.33. The molecule has 0 amide bonds. The summed E-state index contributed by atoms with van der Waals surface area (Å²) in [6.07, 6.45) is 5.62. The molecule has 0 saturated heterocycles. The summed E-state index contributed by atoms with van der Waals surface area (Å²) in [6.45, 7) is 10.6. The van der Waals surface area contributed by atoms with Crippen molar-refractivity contribution in [2.75, 3.05) is 18.1 Å². The lowest BCUT2D eigenvalue weighted by molar-refractivity contribution is -0.674. The second-order valence-corrected chi connectivity index (χ2v) is 10.6. The maximum atomic E-state index is 9.45. The third kappa shape index (κ3) is 6.42. The number of rotatable bonds is 6. The highest BCUT2D eigenvalue weighted by atomic mass is 35.5. The van der Waals surface area contributed by atoms with Crippen LogP contribution >= 0.6 is 46.4 Å². The first-order chi connectivity index (χ1) is 17.8. The van der Waals surface area contributed by atoms with E-state index in [-0.39, 0.29) is 6.61 Å². The third-order valence-electron chi connectivity index (χ3n) is 5.66. The van der Waals surface area contributed by atoms with Gasteiger partial charge in [0.1, 0.15) is 6.54 Å². The van der Waals surface area contributed by atoms with E-state index in [0.717, 1.165) is 22.3 Å². The van der Waals surface area contributed by atoms with E-state index < -0.39 is 10.4 Å². The molecule has 1 aliphatic rings. The molecule has 206 valence electrons. The lowest BCUT2D eigenvalue weighted by atomic mass is 10.2. The molecule has 0 atom stereocenters. The van der Waals surface area contributed by atoms with Crippen molar-refractivity contribution in [2.24, 2.45) is 0 Å². The highest BCUT2D eigenvalue weighted by Crippen LogP contribution is 2.47. The SMILES string of the molecule is CCN1C(=CC=Cc2oc3c(Cl)c(C)c(Cl)cc3[n+]2CC)Oc2c1cc(Cl)c(C)c2Cl.CCOS(=O)(=O)[O-]. The van der Waals surface area contributed by atoms with Crippen molar-refractivity contribution >= 4 is 79.7 Å². The largest absolute Gasteiger partial charge is 0.726 e. The van der Waals surface area contributed by atoms with Gasteiger partial charge in [-0.05, 0) is 64.0 Å². The van der Waals surface area contributed by atoms with Crippen molar-refractivity contribution in [3.63, 3.8) is 0 Å². The molecule has 0 unspecified atom stereocenters. The van der Waals surface area contributed by atoms with Gasteiger partial charge < -0.3 is 18.6 Å². The van der Waals surface area contributed by atoms with E-state index in [1.165, 1.54) is 6.92 Å². The minimum atomic E-state index is -4.42. The minimum Gasteiger partial charge on any atom is -0.726 e. The van der Waals surface area contributed by atoms with Crippen molar-refractivity contribution in [2.45, 2.75) is 41.2 Å². The van der Waals surface area contributed by atoms with Crippen LogP contribution in [0.3, 0.4) is 0 Å². The zero-order chi connectivity index (χ0) is 28.4. The van der Waals surface area contributed by atoms with E-state index >= 15 is 0 Å². The van der Waals surface area contributed by atoms with Gasteiger partial charge in [-0.15, -0.1) is 0 Å². The summed E-state index contributed by atoms with van der Waals surface area (Å²) in [5, 5.41) is 2.27. The first-order valence-electron chi connectivity index (χ1n) is 11.6. The maximum absolute atomic E-state index is 9.45. The lowest BCUT2D eigenvalue weighted by Gasteiger charge is -2.15. The Morgan fingerprint density at radius 1 is 1.05 bits per heavy atom. The van der Waals surface area contributed by atoms with Crippen LogP contribution in [0.4, 0.5) is 5.69 Å². The van der Waals surface area contributed by atoms with Crippen molar-refractivity contribution in [3.05, 3.63) is 67.3 Å². The highest BCUT2D eigenvalue weighted by Gasteiger charge is 2.29. The average Bonchev–Trinajstić information content (AvgIpc) is 3.38. The van der Waals surface area contributed by atoms with Gasteiger partial charge in [0, 0.05) is 17.6 Å². The first kappa shape index (κ1) is 30.6. The summed E-state index contributed by atoms with van der Waals surface area (Å²) in [7, 11) is -4.42. The van der Waals surface area contributed by atoms with Gasteiger partial charge in [0.05, 0.1) is 33.4 Å². The van der Waals surface area contributed by atoms with E-state index in [1.807, 2.05) is 67.5 Å². The Morgan fingerprint density at radius 3 is 2.24 bits per heavy atom. The normalized spacial score (nSPS) is 14.3. The van der Waals surface area contributed by atoms with Gasteiger partial charge in [-0.25, -0.2) is 8.42 Å². The van der Waals surface area contributed by atoms with E-state index in [9.17, 15) is 13.0 Å². The van der Waals surface area contributed by atoms with Gasteiger partial charge in [0.15, 0.2) is 5.75 Å². The Labute approximate surface area is 241 Å². The van der Waals surface area contributed by atoms with Crippen LogP contribution in [0.25, 0.3) is 17.2 Å². The molecule has 13 heteroatoms. The second kappa shape index (κ2) is 12.5. The van der Waals surface area contributed by atoms with Crippen LogP contribution in [-0.2, 0) is 21.1 Å². The molecule has 1 aromatic heterocycles. The van der Waals surface area contributed by atoms with E-state index in [4.69, 9.17) is 55.6 Å². The quantitative estimate of drug-likeness (QED) is 0.162. The van der Waals surface area contributed by atoms with Gasteiger partial charge in [-0.2, -0.15) is 4.57 Å². The number of ether oxygens (including phenoxy) is 1. The van der Waals surface area contributed by atoms with Gasteiger partial charge in [-0.3, -0.25) is 4.18 Å². The van der Waals surface area contributed by atoms with Crippen LogP contribution in [0.15, 0.2) is 34.6 Å². The van der Waals surface area contributed by atoms with Gasteiger partial charge in [-0.1, -0.05) is 46.4 Å². The zero-order valence-corrected chi connectivity index (χ0v) is 25.1. The molecule has 4 rings (SSSR count). The molecular formula is C25H26Cl4N2O6S. The number of anilines is 1. The molecule has 0 N–H and O–H groups in total. The Hall–Kier alpha value is -1.98. The number of nitrogens with zero attached hydrogens (tertiary/aromatic N) is 2. The monoisotopic (exact) mass is 622 g/mol. The van der Waals surface area contributed by atoms with Crippen molar-refractivity contribution < 1.29 is 30.9 Å². The molecule has 0 radical (unpaired) electrons. The fraction of sp³-hybridized carbons (Fsp3) is 0.320. The first-order valence-corrected chi connectivity index (χ1v) is 14.4. The van der Waals surface area contributed by atoms with Gasteiger partial charge in [0.25, 0.3) is 5.52 Å². The van der Waals surface area contributed by atoms with Crippen molar-refractivity contribution in [3.8, 4) is 5.75 Å². The summed E-state index contributed by atoms with van der Waals surface area (Å²) in [5.41, 5.74) is 3.92. The van der Waals surface area contributed by atoms with Crippen LogP contribution in [0.1, 0.15) is 37.8 Å². The number of oxazole rings is 1. The number of benzene rings is 2. The molecule has 2 aromatic carbocycles. The number of allylic oxidation sites excluding steroid dienone is 2. The molecule has 0 bridgehead atoms. The summed E-state index contributed by atoms with van der Waals surface area (Å²) in [6, 6.07) is 3.76. The topological polar surface area (TPSA) is 95.9 Å². The number of hydrogen-bond donors (Lipinski definition) is 0. The van der Waals surface area contributed by atoms with Crippen LogP contribution in [0.5, 0.6) is 5.75 Å². The standard InChI is InChI=1S/C23H21Cl4N2O2.C2H6O4S/c1-5-28-16-10-14(24)12(3)20(26)22(16)30-18(28)8-7-9-19-29(6-2)17-11-15(25)13(4)21(27)23(17)31-19;1-2-6-7(3,4)5/h7-11H,5-6H2,1-4H3;2H2,1H3,(H,3,4,5)/q+1;/p-1. The van der Waals surface area contributed by atoms with Crippen LogP contribution in [-0.4, -0.2) is 26.1 Å².